The zero-order valence-electron chi connectivity index (χ0n) is 33.4. The highest BCUT2D eigenvalue weighted by Gasteiger charge is 2.34. The Hall–Kier alpha value is -4.66. The summed E-state index contributed by atoms with van der Waals surface area (Å²) in [5.74, 6) is 2.06. The fourth-order valence-corrected chi connectivity index (χ4v) is 10.9. The molecule has 9 rings (SSSR count). The molecule has 2 N–H and O–H groups in total. The maximum atomic E-state index is 12.4. The molecule has 3 heterocycles. The van der Waals surface area contributed by atoms with Crippen molar-refractivity contribution < 1.29 is 14.7 Å². The smallest absolute Gasteiger partial charge is 0.234 e. The average molecular weight is 766 g/mol. The lowest BCUT2D eigenvalue weighted by Gasteiger charge is -2.43. The predicted octanol–water partition coefficient (Wildman–Crippen LogP) is 7.52. The van der Waals surface area contributed by atoms with Gasteiger partial charge in [0.25, 0.3) is 0 Å². The van der Waals surface area contributed by atoms with Crippen LogP contribution in [0.2, 0.25) is 0 Å². The molecule has 0 spiro atoms. The molecule has 3 saturated heterocycles. The van der Waals surface area contributed by atoms with Gasteiger partial charge in [-0.05, 0) is 114 Å². The Bertz CT molecular complexity index is 1990. The Balaban J connectivity index is 0.768. The first-order valence-corrected chi connectivity index (χ1v) is 21.8. The number of aryl methyl sites for hydroxylation is 1. The Morgan fingerprint density at radius 2 is 1.16 bits per heavy atom. The van der Waals surface area contributed by atoms with Gasteiger partial charge in [-0.25, -0.2) is 0 Å². The molecule has 4 aromatic carbocycles. The first kappa shape index (κ1) is 37.9. The maximum absolute atomic E-state index is 12.4. The third-order valence-corrected chi connectivity index (χ3v) is 14.1. The topological polar surface area (TPSA) is 79.4 Å². The molecule has 8 heteroatoms. The highest BCUT2D eigenvalue weighted by molar-refractivity contribution is 6.00. The largest absolute Gasteiger partial charge is 0.508 e. The number of rotatable bonds is 9. The number of carbonyl (C=O) groups excluding carboxylic acids is 2. The van der Waals surface area contributed by atoms with E-state index in [1.165, 1.54) is 72.4 Å². The summed E-state index contributed by atoms with van der Waals surface area (Å²) in [7, 11) is 0. The van der Waals surface area contributed by atoms with E-state index >= 15 is 0 Å². The molecular formula is C49H59N5O3. The van der Waals surface area contributed by atoms with Crippen molar-refractivity contribution in [1.82, 2.24) is 15.1 Å². The molecule has 0 radical (unpaired) electrons. The maximum Gasteiger partial charge on any atom is 0.234 e. The lowest BCUT2D eigenvalue weighted by atomic mass is 9.69. The number of piperidine rings is 1. The molecule has 4 fully saturated rings. The molecule has 5 aliphatic rings. The fourth-order valence-electron chi connectivity index (χ4n) is 10.9. The summed E-state index contributed by atoms with van der Waals surface area (Å²) >= 11 is 0. The lowest BCUT2D eigenvalue weighted by molar-refractivity contribution is -0.134. The highest BCUT2D eigenvalue weighted by atomic mass is 16.3. The number of aromatic hydroxyl groups is 1. The van der Waals surface area contributed by atoms with E-state index in [4.69, 9.17) is 0 Å². The van der Waals surface area contributed by atoms with E-state index in [2.05, 4.69) is 110 Å². The zero-order valence-corrected chi connectivity index (χ0v) is 33.4. The van der Waals surface area contributed by atoms with E-state index in [1.54, 1.807) is 0 Å². The Labute approximate surface area is 338 Å². The first-order chi connectivity index (χ1) is 27.9. The minimum atomic E-state index is -0.225. The van der Waals surface area contributed by atoms with Crippen molar-refractivity contribution >= 4 is 23.2 Å². The molecule has 2 amide bonds. The zero-order chi connectivity index (χ0) is 38.7. The van der Waals surface area contributed by atoms with Crippen LogP contribution in [0.25, 0.3) is 0 Å². The van der Waals surface area contributed by atoms with Gasteiger partial charge >= 0.3 is 0 Å². The predicted molar refractivity (Wildman–Crippen MR) is 228 cm³/mol. The minimum Gasteiger partial charge on any atom is -0.508 e. The van der Waals surface area contributed by atoms with Crippen LogP contribution in [-0.4, -0.2) is 92.2 Å². The molecule has 3 aliphatic heterocycles. The van der Waals surface area contributed by atoms with Crippen molar-refractivity contribution in [3.63, 3.8) is 0 Å². The Morgan fingerprint density at radius 1 is 0.579 bits per heavy atom. The van der Waals surface area contributed by atoms with Gasteiger partial charge in [-0.2, -0.15) is 0 Å². The second-order valence-corrected chi connectivity index (χ2v) is 17.5. The molecule has 0 bridgehead atoms. The number of phenolic OH excluding ortho intramolecular Hbond substituents is 1. The molecule has 298 valence electrons. The number of benzene rings is 4. The second-order valence-electron chi connectivity index (χ2n) is 17.5. The van der Waals surface area contributed by atoms with E-state index in [0.29, 0.717) is 24.5 Å². The van der Waals surface area contributed by atoms with Crippen molar-refractivity contribution in [3.8, 4) is 5.75 Å². The van der Waals surface area contributed by atoms with Crippen molar-refractivity contribution in [2.24, 2.45) is 11.8 Å². The van der Waals surface area contributed by atoms with Crippen LogP contribution in [0.5, 0.6) is 5.75 Å². The highest BCUT2D eigenvalue weighted by Crippen LogP contribution is 2.47. The molecule has 0 aromatic heterocycles. The monoisotopic (exact) mass is 765 g/mol. The van der Waals surface area contributed by atoms with Crippen molar-refractivity contribution in [2.75, 3.05) is 75.2 Å². The van der Waals surface area contributed by atoms with Crippen LogP contribution in [0.1, 0.15) is 90.5 Å². The SMILES string of the molecule is O=C1CCC(c2ccc(N3CCN(C[C@@H]4CCCC[C@H]4CN4CCN(c5ccc([C@@H]6c7ccc(O)cc7CC[C@@H]6c6ccccc6)cc5)CC4)CC3)cc2)C(=O)N1. The van der Waals surface area contributed by atoms with Crippen LogP contribution in [0, 0.1) is 11.8 Å². The van der Waals surface area contributed by atoms with E-state index in [-0.39, 0.29) is 23.7 Å². The Kier molecular flexibility index (Phi) is 11.3. The lowest BCUT2D eigenvalue weighted by Crippen LogP contribution is -2.51. The number of piperazine rings is 2. The number of anilines is 2. The number of hydrogen-bond acceptors (Lipinski definition) is 7. The minimum absolute atomic E-state index is 0.162. The quantitative estimate of drug-likeness (QED) is 0.171. The molecule has 4 aromatic rings. The molecule has 57 heavy (non-hydrogen) atoms. The van der Waals surface area contributed by atoms with Gasteiger partial charge in [-0.3, -0.25) is 24.7 Å². The van der Waals surface area contributed by atoms with Gasteiger partial charge in [0.15, 0.2) is 0 Å². The van der Waals surface area contributed by atoms with Crippen molar-refractivity contribution in [2.45, 2.75) is 69.1 Å². The fraction of sp³-hybridized carbons (Fsp3) is 0.469. The molecule has 5 atom stereocenters. The first-order valence-electron chi connectivity index (χ1n) is 21.8. The molecule has 8 nitrogen and oxygen atoms in total. The molecule has 2 aliphatic carbocycles. The van der Waals surface area contributed by atoms with Gasteiger partial charge in [-0.1, -0.05) is 73.5 Å². The molecular weight excluding hydrogens is 707 g/mol. The third-order valence-electron chi connectivity index (χ3n) is 14.1. The number of imide groups is 1. The normalized spacial score (nSPS) is 26.2. The van der Waals surface area contributed by atoms with E-state index in [9.17, 15) is 14.7 Å². The number of nitrogens with zero attached hydrogens (tertiary/aromatic N) is 4. The van der Waals surface area contributed by atoms with E-state index in [0.717, 1.165) is 82.6 Å². The number of hydrogen-bond donors (Lipinski definition) is 2. The second kappa shape index (κ2) is 17.1. The summed E-state index contributed by atoms with van der Waals surface area (Å²) < 4.78 is 0. The van der Waals surface area contributed by atoms with Crippen LogP contribution < -0.4 is 15.1 Å². The summed E-state index contributed by atoms with van der Waals surface area (Å²) in [6, 6.07) is 34.9. The molecule has 1 unspecified atom stereocenters. The average Bonchev–Trinajstić information content (AvgIpc) is 3.25. The number of carbonyl (C=O) groups is 2. The number of fused-ring (bicyclic) bond motifs is 1. The Morgan fingerprint density at radius 3 is 1.74 bits per heavy atom. The summed E-state index contributed by atoms with van der Waals surface area (Å²) in [5, 5.41) is 12.8. The van der Waals surface area contributed by atoms with Gasteiger partial charge in [0.05, 0.1) is 5.92 Å². The van der Waals surface area contributed by atoms with E-state index < -0.39 is 0 Å². The number of amides is 2. The van der Waals surface area contributed by atoms with E-state index in [1.807, 2.05) is 12.1 Å². The van der Waals surface area contributed by atoms with Crippen molar-refractivity contribution in [1.29, 1.82) is 0 Å². The van der Waals surface area contributed by atoms with Crippen LogP contribution >= 0.6 is 0 Å². The number of nitrogens with one attached hydrogen (secondary N) is 1. The van der Waals surface area contributed by atoms with Gasteiger partial charge in [0.1, 0.15) is 5.75 Å². The van der Waals surface area contributed by atoms with Gasteiger partial charge in [0.2, 0.25) is 11.8 Å². The van der Waals surface area contributed by atoms with Crippen LogP contribution in [0.3, 0.4) is 0 Å². The van der Waals surface area contributed by atoms with Crippen molar-refractivity contribution in [3.05, 3.63) is 125 Å². The van der Waals surface area contributed by atoms with Crippen LogP contribution in [0.4, 0.5) is 11.4 Å². The van der Waals surface area contributed by atoms with Crippen LogP contribution in [-0.2, 0) is 16.0 Å². The summed E-state index contributed by atoms with van der Waals surface area (Å²) in [6.45, 7) is 11.1. The summed E-state index contributed by atoms with van der Waals surface area (Å²) in [4.78, 5) is 34.5. The summed E-state index contributed by atoms with van der Waals surface area (Å²) in [6.07, 6.45) is 8.54. The number of phenols is 1. The molecule has 1 saturated carbocycles. The van der Waals surface area contributed by atoms with Gasteiger partial charge in [-0.15, -0.1) is 0 Å². The third kappa shape index (κ3) is 8.49. The summed E-state index contributed by atoms with van der Waals surface area (Å²) in [5.41, 5.74) is 8.96. The van der Waals surface area contributed by atoms with Gasteiger partial charge < -0.3 is 14.9 Å². The van der Waals surface area contributed by atoms with Gasteiger partial charge in [0, 0.05) is 89.2 Å². The standard InChI is InChI=1S/C49H59N5O3/c55-43-19-21-45-38(32-43)14-20-44(35-6-2-1-3-7-35)48(45)37-12-17-42(18-13-37)54-30-26-52(27-31-54)34-40-9-5-4-8-39(40)33-51-24-28-53(29-25-51)41-15-10-36(11-16-41)46-22-23-47(56)50-49(46)57/h1-3,6-7,10-13,15-19,21,32,39-40,44,46,48,55H,4-5,8-9,14,20,22-31,33-34H2,(H,50,56,57)/t39-,40-,44+,46?,48-/m0/s1. The van der Waals surface area contributed by atoms with Crippen LogP contribution in [0.15, 0.2) is 97.1 Å².